The highest BCUT2D eigenvalue weighted by Gasteiger charge is 2.26. The summed E-state index contributed by atoms with van der Waals surface area (Å²) in [4.78, 5) is 23.1. The summed E-state index contributed by atoms with van der Waals surface area (Å²) in [6.07, 6.45) is 2.71. The molecule has 0 aliphatic heterocycles. The van der Waals surface area contributed by atoms with E-state index in [2.05, 4.69) is 20.3 Å². The maximum atomic E-state index is 13.4. The van der Waals surface area contributed by atoms with Crippen molar-refractivity contribution in [3.63, 3.8) is 0 Å². The van der Waals surface area contributed by atoms with Gasteiger partial charge in [0.05, 0.1) is 9.95 Å². The molecule has 1 N–H and O–H groups in total. The van der Waals surface area contributed by atoms with Crippen molar-refractivity contribution < 1.29 is 14.1 Å². The zero-order valence-electron chi connectivity index (χ0n) is 14.5. The highest BCUT2D eigenvalue weighted by Crippen LogP contribution is 2.37. The maximum absolute atomic E-state index is 13.4. The summed E-state index contributed by atoms with van der Waals surface area (Å²) in [5, 5.41) is 15.1. The Morgan fingerprint density at radius 2 is 1.93 bits per heavy atom. The lowest BCUT2D eigenvalue weighted by Gasteiger charge is -2.10. The lowest BCUT2D eigenvalue weighted by atomic mass is 10.2. The van der Waals surface area contributed by atoms with E-state index >= 15 is 0 Å². The molecule has 0 amide bonds. The Bertz CT molecular complexity index is 1230. The molecule has 0 bridgehead atoms. The van der Waals surface area contributed by atoms with Crippen LogP contribution in [-0.4, -0.2) is 19.9 Å². The van der Waals surface area contributed by atoms with E-state index in [0.29, 0.717) is 17.0 Å². The third-order valence-corrected chi connectivity index (χ3v) is 4.25. The summed E-state index contributed by atoms with van der Waals surface area (Å²) in [5.41, 5.74) is 0.361. The van der Waals surface area contributed by atoms with Crippen LogP contribution in [0.5, 0.6) is 11.6 Å². The van der Waals surface area contributed by atoms with Crippen molar-refractivity contribution in [3.05, 3.63) is 82.0 Å². The van der Waals surface area contributed by atoms with Gasteiger partial charge in [-0.15, -0.1) is 0 Å². The van der Waals surface area contributed by atoms with Gasteiger partial charge in [-0.3, -0.25) is 15.1 Å². The van der Waals surface area contributed by atoms with Gasteiger partial charge in [-0.25, -0.2) is 9.37 Å². The van der Waals surface area contributed by atoms with Crippen molar-refractivity contribution in [1.29, 1.82) is 0 Å². The molecule has 29 heavy (non-hydrogen) atoms. The van der Waals surface area contributed by atoms with Crippen LogP contribution < -0.4 is 10.1 Å². The molecule has 0 saturated carbocycles. The smallest absolute Gasteiger partial charge is 0.373 e. The van der Waals surface area contributed by atoms with Crippen LogP contribution >= 0.6 is 11.6 Å². The Morgan fingerprint density at radius 3 is 2.72 bits per heavy atom. The van der Waals surface area contributed by atoms with Gasteiger partial charge in [-0.2, -0.15) is 4.98 Å². The minimum Gasteiger partial charge on any atom is -0.431 e. The average molecular weight is 412 g/mol. The molecule has 0 fully saturated rings. The molecule has 2 heterocycles. The Morgan fingerprint density at radius 1 is 1.10 bits per heavy atom. The number of fused-ring (bicyclic) bond motifs is 1. The Kier molecular flexibility index (Phi) is 4.88. The van der Waals surface area contributed by atoms with E-state index in [9.17, 15) is 14.5 Å². The number of nitrogens with one attached hydrogen (secondary N) is 1. The summed E-state index contributed by atoms with van der Waals surface area (Å²) in [5.74, 6) is -0.697. The van der Waals surface area contributed by atoms with Gasteiger partial charge in [0.2, 0.25) is 5.82 Å². The second kappa shape index (κ2) is 7.64. The fourth-order valence-electron chi connectivity index (χ4n) is 2.67. The van der Waals surface area contributed by atoms with Gasteiger partial charge < -0.3 is 10.1 Å². The first-order valence-electron chi connectivity index (χ1n) is 8.26. The number of anilines is 2. The summed E-state index contributed by atoms with van der Waals surface area (Å²) < 4.78 is 19.1. The van der Waals surface area contributed by atoms with Crippen LogP contribution in [0.3, 0.4) is 0 Å². The number of ether oxygens (including phenoxy) is 1. The SMILES string of the molecule is O=[N+]([O-])c1c(Nc2ccc(F)c(Cl)c2)ncnc1Oc1cccc2cccnc12. The van der Waals surface area contributed by atoms with Gasteiger partial charge in [-0.05, 0) is 30.3 Å². The second-order valence-corrected chi connectivity index (χ2v) is 6.23. The van der Waals surface area contributed by atoms with E-state index in [1.807, 2.05) is 12.1 Å². The molecule has 2 aromatic heterocycles. The van der Waals surface area contributed by atoms with E-state index < -0.39 is 16.4 Å². The molecule has 0 aliphatic carbocycles. The van der Waals surface area contributed by atoms with Crippen molar-refractivity contribution in [2.45, 2.75) is 0 Å². The number of aromatic nitrogens is 3. The van der Waals surface area contributed by atoms with Gasteiger partial charge in [-0.1, -0.05) is 29.8 Å². The highest BCUT2D eigenvalue weighted by atomic mass is 35.5. The van der Waals surface area contributed by atoms with Gasteiger partial charge in [0, 0.05) is 17.3 Å². The molecule has 10 heteroatoms. The second-order valence-electron chi connectivity index (χ2n) is 5.82. The number of rotatable bonds is 5. The third-order valence-electron chi connectivity index (χ3n) is 3.96. The van der Waals surface area contributed by atoms with Gasteiger partial charge >= 0.3 is 11.6 Å². The fourth-order valence-corrected chi connectivity index (χ4v) is 2.85. The average Bonchev–Trinajstić information content (AvgIpc) is 2.71. The van der Waals surface area contributed by atoms with E-state index in [1.54, 1.807) is 24.4 Å². The van der Waals surface area contributed by atoms with E-state index in [4.69, 9.17) is 16.3 Å². The molecule has 0 atom stereocenters. The largest absolute Gasteiger partial charge is 0.431 e. The molecule has 8 nitrogen and oxygen atoms in total. The van der Waals surface area contributed by atoms with Crippen LogP contribution in [0.15, 0.2) is 61.1 Å². The monoisotopic (exact) mass is 411 g/mol. The number of halogens is 2. The molecular weight excluding hydrogens is 401 g/mol. The van der Waals surface area contributed by atoms with E-state index in [-0.39, 0.29) is 16.7 Å². The molecule has 144 valence electrons. The molecule has 0 aliphatic rings. The number of para-hydroxylation sites is 1. The summed E-state index contributed by atoms with van der Waals surface area (Å²) in [7, 11) is 0. The van der Waals surface area contributed by atoms with Crippen LogP contribution in [0.1, 0.15) is 0 Å². The Labute approximate surface area is 168 Å². The van der Waals surface area contributed by atoms with E-state index in [0.717, 1.165) is 17.8 Å². The van der Waals surface area contributed by atoms with Crippen LogP contribution in [0.25, 0.3) is 10.9 Å². The Balaban J connectivity index is 1.75. The predicted octanol–water partition coefficient (Wildman–Crippen LogP) is 5.26. The fraction of sp³-hybridized carbons (Fsp3) is 0. The zero-order valence-corrected chi connectivity index (χ0v) is 15.3. The predicted molar refractivity (Wildman–Crippen MR) is 105 cm³/mol. The standard InChI is InChI=1S/C19H11ClFN5O3/c20-13-9-12(6-7-14(13)21)25-18-17(26(27)28)19(24-10-23-18)29-15-5-1-3-11-4-2-8-22-16(11)15/h1-10H,(H,23,24,25). The molecule has 4 rings (SSSR count). The lowest BCUT2D eigenvalue weighted by Crippen LogP contribution is -2.04. The first kappa shape index (κ1) is 18.5. The Hall–Kier alpha value is -3.85. The zero-order chi connectivity index (χ0) is 20.4. The number of pyridine rings is 1. The molecule has 0 saturated heterocycles. The summed E-state index contributed by atoms with van der Waals surface area (Å²) in [6, 6.07) is 12.6. The lowest BCUT2D eigenvalue weighted by molar-refractivity contribution is -0.385. The first-order valence-corrected chi connectivity index (χ1v) is 8.64. The molecule has 4 aromatic rings. The molecular formula is C19H11ClFN5O3. The van der Waals surface area contributed by atoms with Crippen molar-refractivity contribution in [3.8, 4) is 11.6 Å². The number of hydrogen-bond donors (Lipinski definition) is 1. The van der Waals surface area contributed by atoms with E-state index in [1.165, 1.54) is 12.1 Å². The minimum atomic E-state index is -0.665. The molecule has 0 radical (unpaired) electrons. The van der Waals surface area contributed by atoms with Crippen LogP contribution in [-0.2, 0) is 0 Å². The van der Waals surface area contributed by atoms with Gasteiger partial charge in [0.1, 0.15) is 17.7 Å². The first-order chi connectivity index (χ1) is 14.0. The summed E-state index contributed by atoms with van der Waals surface area (Å²) in [6.45, 7) is 0. The molecule has 2 aromatic carbocycles. The van der Waals surface area contributed by atoms with Crippen LogP contribution in [0.4, 0.5) is 21.6 Å². The number of hydrogen-bond acceptors (Lipinski definition) is 7. The number of nitrogens with zero attached hydrogens (tertiary/aromatic N) is 4. The van der Waals surface area contributed by atoms with Gasteiger partial charge in [0.15, 0.2) is 5.75 Å². The van der Waals surface area contributed by atoms with Crippen LogP contribution in [0.2, 0.25) is 5.02 Å². The number of nitro groups is 1. The quantitative estimate of drug-likeness (QED) is 0.353. The normalized spacial score (nSPS) is 10.7. The van der Waals surface area contributed by atoms with Crippen molar-refractivity contribution in [2.24, 2.45) is 0 Å². The van der Waals surface area contributed by atoms with Crippen molar-refractivity contribution >= 4 is 39.7 Å². The van der Waals surface area contributed by atoms with Crippen LogP contribution in [0, 0.1) is 15.9 Å². The highest BCUT2D eigenvalue weighted by molar-refractivity contribution is 6.31. The molecule has 0 spiro atoms. The molecule has 0 unspecified atom stereocenters. The van der Waals surface area contributed by atoms with Gasteiger partial charge in [0.25, 0.3) is 0 Å². The summed E-state index contributed by atoms with van der Waals surface area (Å²) >= 11 is 5.76. The number of benzene rings is 2. The topological polar surface area (TPSA) is 103 Å². The third kappa shape index (κ3) is 3.76. The minimum absolute atomic E-state index is 0.129. The van der Waals surface area contributed by atoms with Crippen molar-refractivity contribution in [1.82, 2.24) is 15.0 Å². The van der Waals surface area contributed by atoms with Crippen molar-refractivity contribution in [2.75, 3.05) is 5.32 Å². The maximum Gasteiger partial charge on any atom is 0.373 e.